The minimum Gasteiger partial charge on any atom is -0.326 e. The maximum absolute atomic E-state index is 13.4. The zero-order chi connectivity index (χ0) is 24.9. The highest BCUT2D eigenvalue weighted by Crippen LogP contribution is 2.25. The van der Waals surface area contributed by atoms with E-state index in [-0.39, 0.29) is 18.1 Å². The van der Waals surface area contributed by atoms with Crippen molar-refractivity contribution in [2.75, 3.05) is 5.32 Å². The number of carbonyl (C=O) groups excluding carboxylic acids is 3. The molecule has 0 aliphatic carbocycles. The average molecular weight is 528 g/mol. The van der Waals surface area contributed by atoms with Gasteiger partial charge in [0.15, 0.2) is 5.11 Å². The van der Waals surface area contributed by atoms with Crippen LogP contribution in [0.3, 0.4) is 0 Å². The number of anilines is 1. The van der Waals surface area contributed by atoms with Crippen LogP contribution in [0.5, 0.6) is 0 Å². The number of hydrogen-bond acceptors (Lipinski definition) is 5. The van der Waals surface area contributed by atoms with Crippen molar-refractivity contribution < 1.29 is 14.4 Å². The second-order valence-electron chi connectivity index (χ2n) is 7.67. The Balaban J connectivity index is 1.56. The topological polar surface area (TPSA) is 94.6 Å². The Morgan fingerprint density at radius 3 is 2.31 bits per heavy atom. The van der Waals surface area contributed by atoms with Crippen molar-refractivity contribution >= 4 is 63.9 Å². The molecular weight excluding hydrogens is 509 g/mol. The fourth-order valence-electron chi connectivity index (χ4n) is 3.55. The number of nitrogens with one attached hydrogen (secondary N) is 2. The summed E-state index contributed by atoms with van der Waals surface area (Å²) < 4.78 is 0. The average Bonchev–Trinajstić information content (AvgIpc) is 3.03. The van der Waals surface area contributed by atoms with Crippen molar-refractivity contribution in [3.63, 3.8) is 0 Å². The van der Waals surface area contributed by atoms with Gasteiger partial charge >= 0.3 is 0 Å². The van der Waals surface area contributed by atoms with E-state index in [1.54, 1.807) is 0 Å². The molecule has 3 amide bonds. The molecule has 1 atom stereocenters. The summed E-state index contributed by atoms with van der Waals surface area (Å²) in [6.07, 6.45) is 2.68. The van der Waals surface area contributed by atoms with Crippen molar-refractivity contribution in [1.82, 2.24) is 20.3 Å². The van der Waals surface area contributed by atoms with Crippen molar-refractivity contribution in [3.8, 4) is 0 Å². The minimum absolute atomic E-state index is 0.0878. The zero-order valence-electron chi connectivity index (χ0n) is 18.2. The van der Waals surface area contributed by atoms with Crippen LogP contribution in [0.2, 0.25) is 10.0 Å². The van der Waals surface area contributed by atoms with Crippen LogP contribution in [-0.4, -0.2) is 43.8 Å². The highest BCUT2D eigenvalue weighted by Gasteiger charge is 2.44. The molecule has 3 aromatic rings. The van der Waals surface area contributed by atoms with E-state index in [0.29, 0.717) is 21.3 Å². The third-order valence-corrected chi connectivity index (χ3v) is 6.03. The van der Waals surface area contributed by atoms with Gasteiger partial charge in [-0.05, 0) is 48.1 Å². The Kier molecular flexibility index (Phi) is 7.60. The number of thiocarbonyl (C=S) groups is 1. The predicted octanol–water partition coefficient (Wildman–Crippen LogP) is 4.06. The van der Waals surface area contributed by atoms with Gasteiger partial charge in [-0.1, -0.05) is 53.5 Å². The number of carbonyl (C=O) groups is 3. The number of rotatable bonds is 7. The Labute approximate surface area is 216 Å². The zero-order valence-corrected chi connectivity index (χ0v) is 20.5. The van der Waals surface area contributed by atoms with Crippen molar-refractivity contribution in [1.29, 1.82) is 0 Å². The fourth-order valence-corrected chi connectivity index (χ4v) is 4.41. The smallest absolute Gasteiger partial charge is 0.269 e. The quantitative estimate of drug-likeness (QED) is 0.450. The van der Waals surface area contributed by atoms with E-state index in [1.807, 2.05) is 30.3 Å². The Hall–Kier alpha value is -3.53. The summed E-state index contributed by atoms with van der Waals surface area (Å²) in [4.78, 5) is 44.3. The number of aromatic nitrogens is 1. The first-order valence-corrected chi connectivity index (χ1v) is 11.6. The van der Waals surface area contributed by atoms with Crippen LogP contribution in [0.1, 0.15) is 22.3 Å². The molecule has 8 nitrogen and oxygen atoms in total. The number of hydrazine groups is 1. The maximum Gasteiger partial charge on any atom is 0.269 e. The summed E-state index contributed by atoms with van der Waals surface area (Å²) >= 11 is 17.6. The van der Waals surface area contributed by atoms with Gasteiger partial charge in [-0.2, -0.15) is 0 Å². The van der Waals surface area contributed by atoms with Gasteiger partial charge in [0.25, 0.3) is 11.8 Å². The summed E-state index contributed by atoms with van der Waals surface area (Å²) in [5.74, 6) is -1.38. The first-order chi connectivity index (χ1) is 16.8. The van der Waals surface area contributed by atoms with E-state index >= 15 is 0 Å². The molecule has 35 heavy (non-hydrogen) atoms. The number of pyridine rings is 1. The van der Waals surface area contributed by atoms with Crippen LogP contribution >= 0.6 is 35.4 Å². The molecule has 178 valence electrons. The number of benzene rings is 2. The summed E-state index contributed by atoms with van der Waals surface area (Å²) in [5.41, 5.74) is 4.23. The summed E-state index contributed by atoms with van der Waals surface area (Å²) in [5, 5.41) is 4.74. The number of amides is 3. The first-order valence-electron chi connectivity index (χ1n) is 10.5. The van der Waals surface area contributed by atoms with E-state index in [2.05, 4.69) is 15.7 Å². The SMILES string of the molecule is O=C(CC1C(=O)N(Cc2ccccc2)C(=S)N1NC(=O)c1ccncc1)Nc1cc(Cl)cc(Cl)c1. The molecule has 0 spiro atoms. The first kappa shape index (κ1) is 24.6. The molecule has 1 aromatic heterocycles. The van der Waals surface area contributed by atoms with Gasteiger partial charge in [0.05, 0.1) is 13.0 Å². The summed E-state index contributed by atoms with van der Waals surface area (Å²) in [6.45, 7) is 0.197. The van der Waals surface area contributed by atoms with Gasteiger partial charge in [-0.25, -0.2) is 5.01 Å². The van der Waals surface area contributed by atoms with E-state index in [9.17, 15) is 14.4 Å². The standard InChI is InChI=1S/C24H19Cl2N5O3S/c25-17-10-18(26)12-19(11-17)28-21(32)13-20-23(34)30(14-15-4-2-1-3-5-15)24(35)31(20)29-22(33)16-6-8-27-9-7-16/h1-12,20H,13-14H2,(H,28,32)(H,29,33). The molecule has 2 heterocycles. The van der Waals surface area contributed by atoms with Crippen LogP contribution in [-0.2, 0) is 16.1 Å². The lowest BCUT2D eigenvalue weighted by atomic mass is 10.1. The lowest BCUT2D eigenvalue weighted by Crippen LogP contribution is -2.49. The molecule has 2 N–H and O–H groups in total. The normalized spacial score (nSPS) is 15.3. The highest BCUT2D eigenvalue weighted by molar-refractivity contribution is 7.80. The van der Waals surface area contributed by atoms with Crippen LogP contribution < -0.4 is 10.7 Å². The van der Waals surface area contributed by atoms with Crippen molar-refractivity contribution in [2.24, 2.45) is 0 Å². The third-order valence-electron chi connectivity index (χ3n) is 5.17. The number of hydrogen-bond donors (Lipinski definition) is 2. The highest BCUT2D eigenvalue weighted by atomic mass is 35.5. The van der Waals surface area contributed by atoms with Crippen molar-refractivity contribution in [3.05, 3.63) is 94.2 Å². The second kappa shape index (κ2) is 10.8. The van der Waals surface area contributed by atoms with Crippen LogP contribution in [0, 0.1) is 0 Å². The molecule has 0 saturated carbocycles. The molecule has 0 radical (unpaired) electrons. The molecular formula is C24H19Cl2N5O3S. The Morgan fingerprint density at radius 1 is 1.00 bits per heavy atom. The molecule has 1 saturated heterocycles. The van der Waals surface area contributed by atoms with Gasteiger partial charge in [0, 0.05) is 33.7 Å². The van der Waals surface area contributed by atoms with Crippen LogP contribution in [0.25, 0.3) is 0 Å². The van der Waals surface area contributed by atoms with Gasteiger partial charge in [0.2, 0.25) is 5.91 Å². The lowest BCUT2D eigenvalue weighted by molar-refractivity contribution is -0.131. The number of nitrogens with zero attached hydrogens (tertiary/aromatic N) is 3. The minimum atomic E-state index is -1.05. The molecule has 4 rings (SSSR count). The molecule has 0 bridgehead atoms. The molecule has 1 aliphatic heterocycles. The lowest BCUT2D eigenvalue weighted by Gasteiger charge is -2.24. The molecule has 1 fully saturated rings. The van der Waals surface area contributed by atoms with Gasteiger partial charge < -0.3 is 5.32 Å². The van der Waals surface area contributed by atoms with E-state index < -0.39 is 23.8 Å². The van der Waals surface area contributed by atoms with Gasteiger partial charge in [0.1, 0.15) is 6.04 Å². The molecule has 1 aliphatic rings. The van der Waals surface area contributed by atoms with Gasteiger partial charge in [-0.15, -0.1) is 0 Å². The fraction of sp³-hybridized carbons (Fsp3) is 0.125. The van der Waals surface area contributed by atoms with E-state index in [0.717, 1.165) is 5.56 Å². The molecule has 2 aromatic carbocycles. The van der Waals surface area contributed by atoms with Gasteiger partial charge in [-0.3, -0.25) is 29.7 Å². The molecule has 1 unspecified atom stereocenters. The van der Waals surface area contributed by atoms with Crippen LogP contribution in [0.4, 0.5) is 5.69 Å². The van der Waals surface area contributed by atoms with E-state index in [4.69, 9.17) is 35.4 Å². The maximum atomic E-state index is 13.4. The number of halogens is 2. The van der Waals surface area contributed by atoms with Crippen LogP contribution in [0.15, 0.2) is 73.1 Å². The third kappa shape index (κ3) is 5.94. The van der Waals surface area contributed by atoms with E-state index in [1.165, 1.54) is 52.6 Å². The second-order valence-corrected chi connectivity index (χ2v) is 8.90. The van der Waals surface area contributed by atoms with Crippen molar-refractivity contribution in [2.45, 2.75) is 19.0 Å². The molecule has 11 heteroatoms. The monoisotopic (exact) mass is 527 g/mol. The summed E-state index contributed by atoms with van der Waals surface area (Å²) in [7, 11) is 0. The predicted molar refractivity (Wildman–Crippen MR) is 137 cm³/mol. The largest absolute Gasteiger partial charge is 0.326 e. The Morgan fingerprint density at radius 2 is 1.66 bits per heavy atom. The Bertz CT molecular complexity index is 1260. The summed E-state index contributed by atoms with van der Waals surface area (Å²) in [6, 6.07) is 15.9.